The maximum Gasteiger partial charge on any atom is 0.242 e. The van der Waals surface area contributed by atoms with E-state index in [0.29, 0.717) is 31.1 Å². The molecule has 8 heteroatoms. The van der Waals surface area contributed by atoms with Crippen molar-refractivity contribution in [3.63, 3.8) is 0 Å². The molecule has 0 saturated carbocycles. The summed E-state index contributed by atoms with van der Waals surface area (Å²) < 4.78 is 26.1. The van der Waals surface area contributed by atoms with Crippen LogP contribution in [0.25, 0.3) is 0 Å². The van der Waals surface area contributed by atoms with Crippen LogP contribution in [0.2, 0.25) is 0 Å². The summed E-state index contributed by atoms with van der Waals surface area (Å²) in [6.07, 6.45) is 1.63. The molecule has 0 fully saturated rings. The Labute approximate surface area is 204 Å². The number of hydrogen-bond donors (Lipinski definition) is 1. The van der Waals surface area contributed by atoms with Gasteiger partial charge in [0.2, 0.25) is 21.8 Å². The molecule has 0 radical (unpaired) electrons. The van der Waals surface area contributed by atoms with Crippen molar-refractivity contribution in [3.05, 3.63) is 65.7 Å². The van der Waals surface area contributed by atoms with Crippen LogP contribution < -0.4 is 9.62 Å². The number of benzene rings is 2. The number of carbonyl (C=O) groups excluding carboxylic acids is 2. The molecule has 0 bridgehead atoms. The lowest BCUT2D eigenvalue weighted by Crippen LogP contribution is -2.48. The fraction of sp³-hybridized carbons (Fsp3) is 0.462. The van der Waals surface area contributed by atoms with E-state index in [1.807, 2.05) is 63.2 Å². The lowest BCUT2D eigenvalue weighted by molar-refractivity contribution is -0.140. The number of hydrogen-bond acceptors (Lipinski definition) is 4. The van der Waals surface area contributed by atoms with E-state index in [4.69, 9.17) is 0 Å². The first-order valence-electron chi connectivity index (χ1n) is 11.6. The van der Waals surface area contributed by atoms with Crippen LogP contribution in [0.4, 0.5) is 5.69 Å². The van der Waals surface area contributed by atoms with Crippen LogP contribution in [0.5, 0.6) is 0 Å². The quantitative estimate of drug-likeness (QED) is 0.494. The minimum atomic E-state index is -3.50. The number of nitrogens with one attached hydrogen (secondary N) is 1. The molecule has 2 aromatic rings. The van der Waals surface area contributed by atoms with Crippen molar-refractivity contribution in [2.45, 2.75) is 53.1 Å². The summed E-state index contributed by atoms with van der Waals surface area (Å²) in [6.45, 7) is 8.72. The van der Waals surface area contributed by atoms with Crippen LogP contribution in [-0.2, 0) is 26.2 Å². The van der Waals surface area contributed by atoms with Crippen molar-refractivity contribution in [3.8, 4) is 0 Å². The van der Waals surface area contributed by atoms with Gasteiger partial charge in [-0.05, 0) is 43.9 Å². The van der Waals surface area contributed by atoms with Gasteiger partial charge in [0.05, 0.1) is 11.9 Å². The zero-order chi connectivity index (χ0) is 25.3. The number of carbonyl (C=O) groups is 2. The van der Waals surface area contributed by atoms with Gasteiger partial charge in [-0.25, -0.2) is 8.42 Å². The molecule has 2 amide bonds. The third-order valence-corrected chi connectivity index (χ3v) is 6.72. The first-order valence-corrected chi connectivity index (χ1v) is 13.5. The molecular formula is C26H37N3O4S. The lowest BCUT2D eigenvalue weighted by atomic mass is 10.1. The minimum Gasteiger partial charge on any atom is -0.354 e. The van der Waals surface area contributed by atoms with Gasteiger partial charge in [-0.1, -0.05) is 61.9 Å². The maximum absolute atomic E-state index is 13.2. The van der Waals surface area contributed by atoms with Crippen LogP contribution >= 0.6 is 0 Å². The lowest BCUT2D eigenvalue weighted by Gasteiger charge is -2.29. The molecule has 2 aromatic carbocycles. The number of rotatable bonds is 12. The Morgan fingerprint density at radius 3 is 2.15 bits per heavy atom. The molecule has 0 aliphatic heterocycles. The van der Waals surface area contributed by atoms with E-state index in [1.165, 1.54) is 4.31 Å². The molecule has 1 atom stereocenters. The highest BCUT2D eigenvalue weighted by Gasteiger charge is 2.26. The second kappa shape index (κ2) is 12.6. The van der Waals surface area contributed by atoms with E-state index in [2.05, 4.69) is 5.32 Å². The van der Waals surface area contributed by atoms with Crippen molar-refractivity contribution in [1.29, 1.82) is 0 Å². The average molecular weight is 488 g/mol. The summed E-state index contributed by atoms with van der Waals surface area (Å²) >= 11 is 0. The molecule has 0 aromatic heterocycles. The molecule has 0 aliphatic rings. The largest absolute Gasteiger partial charge is 0.354 e. The number of anilines is 1. The number of nitrogens with zero attached hydrogens (tertiary/aromatic N) is 2. The summed E-state index contributed by atoms with van der Waals surface area (Å²) in [4.78, 5) is 27.5. The Morgan fingerprint density at radius 1 is 0.971 bits per heavy atom. The first-order chi connectivity index (χ1) is 16.0. The van der Waals surface area contributed by atoms with Crippen LogP contribution in [0.15, 0.2) is 54.6 Å². The average Bonchev–Trinajstić information content (AvgIpc) is 2.78. The summed E-state index contributed by atoms with van der Waals surface area (Å²) in [6, 6.07) is 16.1. The van der Waals surface area contributed by atoms with E-state index in [0.717, 1.165) is 17.4 Å². The molecule has 0 heterocycles. The SMILES string of the molecule is Cc1ccc(N(CCCC(=O)N(Cc2ccccc2)[C@@H](C)C(=O)NCC(C)C)S(C)(=O)=O)cc1. The Balaban J connectivity index is 2.12. The van der Waals surface area contributed by atoms with Crippen molar-refractivity contribution in [2.24, 2.45) is 5.92 Å². The van der Waals surface area contributed by atoms with Crippen molar-refractivity contribution < 1.29 is 18.0 Å². The molecule has 7 nitrogen and oxygen atoms in total. The Bertz CT molecular complexity index is 1040. The predicted octanol–water partition coefficient (Wildman–Crippen LogP) is 3.73. The Hall–Kier alpha value is -2.87. The predicted molar refractivity (Wildman–Crippen MR) is 137 cm³/mol. The van der Waals surface area contributed by atoms with Gasteiger partial charge < -0.3 is 10.2 Å². The minimum absolute atomic E-state index is 0.131. The molecule has 34 heavy (non-hydrogen) atoms. The van der Waals surface area contributed by atoms with Crippen molar-refractivity contribution in [1.82, 2.24) is 10.2 Å². The monoisotopic (exact) mass is 487 g/mol. The van der Waals surface area contributed by atoms with Crippen LogP contribution in [0.1, 0.15) is 44.7 Å². The van der Waals surface area contributed by atoms with Crippen molar-refractivity contribution >= 4 is 27.5 Å². The van der Waals surface area contributed by atoms with Crippen molar-refractivity contribution in [2.75, 3.05) is 23.7 Å². The molecule has 0 aliphatic carbocycles. The standard InChI is InChI=1S/C26H37N3O4S/c1-20(2)18-27-26(31)22(4)28(19-23-10-7-6-8-11-23)25(30)12-9-17-29(34(5,32)33)24-15-13-21(3)14-16-24/h6-8,10-11,13-16,20,22H,9,12,17-19H2,1-5H3,(H,27,31)/t22-/m0/s1. The fourth-order valence-electron chi connectivity index (χ4n) is 3.53. The highest BCUT2D eigenvalue weighted by molar-refractivity contribution is 7.92. The number of sulfonamides is 1. The molecule has 0 unspecified atom stereocenters. The molecule has 186 valence electrons. The normalized spacial score (nSPS) is 12.3. The second-order valence-electron chi connectivity index (χ2n) is 9.10. The second-order valence-corrected chi connectivity index (χ2v) is 11.0. The summed E-state index contributed by atoms with van der Waals surface area (Å²) in [5, 5.41) is 2.90. The van der Waals surface area contributed by atoms with Gasteiger partial charge >= 0.3 is 0 Å². The van der Waals surface area contributed by atoms with Crippen LogP contribution in [-0.4, -0.2) is 50.5 Å². The summed E-state index contributed by atoms with van der Waals surface area (Å²) in [5.74, 6) is -0.0815. The van der Waals surface area contributed by atoms with E-state index in [-0.39, 0.29) is 24.8 Å². The van der Waals surface area contributed by atoms with Crippen LogP contribution in [0, 0.1) is 12.8 Å². The zero-order valence-corrected chi connectivity index (χ0v) is 21.6. The van der Waals surface area contributed by atoms with E-state index < -0.39 is 16.1 Å². The number of aryl methyl sites for hydroxylation is 1. The number of amides is 2. The van der Waals surface area contributed by atoms with Gasteiger partial charge in [-0.3, -0.25) is 13.9 Å². The van der Waals surface area contributed by atoms with E-state index >= 15 is 0 Å². The van der Waals surface area contributed by atoms with Gasteiger partial charge in [-0.15, -0.1) is 0 Å². The van der Waals surface area contributed by atoms with Crippen LogP contribution in [0.3, 0.4) is 0 Å². The third kappa shape index (κ3) is 8.48. The van der Waals surface area contributed by atoms with E-state index in [1.54, 1.807) is 24.0 Å². The molecule has 0 saturated heterocycles. The molecule has 0 spiro atoms. The van der Waals surface area contributed by atoms with E-state index in [9.17, 15) is 18.0 Å². The van der Waals surface area contributed by atoms with Gasteiger partial charge in [0.25, 0.3) is 0 Å². The highest BCUT2D eigenvalue weighted by Crippen LogP contribution is 2.19. The Morgan fingerprint density at radius 2 is 1.59 bits per heavy atom. The van der Waals surface area contributed by atoms with Gasteiger partial charge in [0.1, 0.15) is 6.04 Å². The first kappa shape index (κ1) is 27.4. The topological polar surface area (TPSA) is 86.8 Å². The zero-order valence-electron chi connectivity index (χ0n) is 20.8. The fourth-order valence-corrected chi connectivity index (χ4v) is 4.50. The molecular weight excluding hydrogens is 450 g/mol. The highest BCUT2D eigenvalue weighted by atomic mass is 32.2. The molecule has 2 rings (SSSR count). The molecule has 1 N–H and O–H groups in total. The Kier molecular flexibility index (Phi) is 10.1. The van der Waals surface area contributed by atoms with Gasteiger partial charge in [-0.2, -0.15) is 0 Å². The maximum atomic E-state index is 13.2. The van der Waals surface area contributed by atoms with Gasteiger partial charge in [0.15, 0.2) is 0 Å². The summed E-state index contributed by atoms with van der Waals surface area (Å²) in [7, 11) is -3.50. The smallest absolute Gasteiger partial charge is 0.242 e. The third-order valence-electron chi connectivity index (χ3n) is 5.52. The summed E-state index contributed by atoms with van der Waals surface area (Å²) in [5.41, 5.74) is 2.54. The van der Waals surface area contributed by atoms with Gasteiger partial charge in [0, 0.05) is 26.1 Å².